The van der Waals surface area contributed by atoms with Crippen LogP contribution in [0.15, 0.2) is 0 Å². The highest BCUT2D eigenvalue weighted by Gasteiger charge is 2.89. The molecule has 9 N–H and O–H groups in total. The minimum Gasteiger partial charge on any atom is -0.481 e. The fourth-order valence-electron chi connectivity index (χ4n) is 6.05. The number of carboxylic acids is 9. The number of rotatable bonds is 14. The van der Waals surface area contributed by atoms with Crippen LogP contribution in [0.3, 0.4) is 0 Å². The molecule has 63 heteroatoms. The van der Waals surface area contributed by atoms with E-state index in [-0.39, 0.29) is 31.6 Å². The lowest BCUT2D eigenvalue weighted by Gasteiger charge is -2.35. The van der Waals surface area contributed by atoms with Crippen molar-refractivity contribution >= 4 is 53.7 Å². The molecule has 2 atom stereocenters. The molecule has 108 heavy (non-hydrogen) atoms. The summed E-state index contributed by atoms with van der Waals surface area (Å²) in [5, 5.41) is 70.1. The van der Waals surface area contributed by atoms with Gasteiger partial charge in [0.1, 0.15) is 6.42 Å². The molecule has 0 aromatic carbocycles. The highest BCUT2D eigenvalue weighted by molar-refractivity contribution is 5.79. The predicted molar refractivity (Wildman–Crippen MR) is 244 cm³/mol. The van der Waals surface area contributed by atoms with Crippen LogP contribution in [0.25, 0.3) is 0 Å². The van der Waals surface area contributed by atoms with Crippen molar-refractivity contribution < 1.29 is 287 Å². The van der Waals surface area contributed by atoms with Gasteiger partial charge in [-0.25, -0.2) is 19.2 Å². The van der Waals surface area contributed by atoms with Crippen molar-refractivity contribution in [2.45, 2.75) is 186 Å². The quantitative estimate of drug-likeness (QED) is 0.0730. The molecule has 0 saturated heterocycles. The number of carbonyl (C=O) groups is 9. The van der Waals surface area contributed by atoms with E-state index in [0.717, 1.165) is 31.6 Å². The molecule has 0 aromatic rings. The Bertz CT molecular complexity index is 2850. The lowest BCUT2D eigenvalue weighted by Crippen LogP contribution is -2.68. The summed E-state index contributed by atoms with van der Waals surface area (Å²) < 4.78 is 522. The first-order valence-corrected chi connectivity index (χ1v) is 25.6. The van der Waals surface area contributed by atoms with Crippen molar-refractivity contribution in [3.05, 3.63) is 0 Å². The third-order valence-corrected chi connectivity index (χ3v) is 12.3. The lowest BCUT2D eigenvalue weighted by atomic mass is 9.81. The van der Waals surface area contributed by atoms with Crippen LogP contribution in [0.4, 0.5) is 198 Å². The zero-order valence-corrected chi connectivity index (χ0v) is 50.4. The van der Waals surface area contributed by atoms with E-state index in [1.807, 2.05) is 0 Å². The van der Waals surface area contributed by atoms with Gasteiger partial charge in [0, 0.05) is 0 Å². The molecule has 3 aliphatic carbocycles. The van der Waals surface area contributed by atoms with Gasteiger partial charge >= 0.3 is 163 Å². The SMILES string of the molecule is CC1CCC(C(=O)O)CC1.O=C(O)C(C(F)(F)F)C(F)(F)F.O=C(O)C(F)(F)C(F)(F)C(F)(F)C(F)(F)C(F)(F)F.O=C(O)C(F)(F)C(F)(F)C(F)(F)F.O=C(O)C(F)(F)C(F)(F)C(F)(F)F.O=C(O)C(F)(F)C(F)(F)F.O=C(O)C1(C(F)(F)F)CC1.O=C(O)C1CCCC(C(F)(F)F)C1.O=C(O)CC(F)(F)F. The fourth-order valence-corrected chi connectivity index (χ4v) is 6.05. The van der Waals surface area contributed by atoms with E-state index in [9.17, 15) is 241 Å². The Hall–Kier alpha value is -7.92. The minimum absolute atomic E-state index is 0.0452. The molecule has 642 valence electrons. The third kappa shape index (κ3) is 31.2. The van der Waals surface area contributed by atoms with Crippen molar-refractivity contribution in [2.24, 2.45) is 35.0 Å². The summed E-state index contributed by atoms with van der Waals surface area (Å²) in [6.45, 7) is 2.19. The maximum absolute atomic E-state index is 12.4. The number of carboxylic acid groups (broad SMARTS) is 9. The van der Waals surface area contributed by atoms with Gasteiger partial charge in [-0.05, 0) is 63.7 Å². The van der Waals surface area contributed by atoms with Gasteiger partial charge in [0.15, 0.2) is 5.41 Å². The topological polar surface area (TPSA) is 336 Å². The summed E-state index contributed by atoms with van der Waals surface area (Å²) in [5.41, 5.74) is -2.40. The van der Waals surface area contributed by atoms with E-state index in [0.29, 0.717) is 12.8 Å². The molecule has 3 aliphatic rings. The summed E-state index contributed by atoms with van der Waals surface area (Å²) in [7, 11) is 0. The molecule has 3 saturated carbocycles. The smallest absolute Gasteiger partial charge is 0.465 e. The second-order valence-electron chi connectivity index (χ2n) is 20.5. The largest absolute Gasteiger partial charge is 0.481 e. The number of hydrogen-bond donors (Lipinski definition) is 9. The number of alkyl halides is 45. The molecule has 0 spiro atoms. The molecular formula is C45H39F45O18. The van der Waals surface area contributed by atoms with Crippen LogP contribution in [0.2, 0.25) is 0 Å². The molecule has 3 fully saturated rings. The zero-order valence-electron chi connectivity index (χ0n) is 50.4. The first-order chi connectivity index (χ1) is 46.5. The van der Waals surface area contributed by atoms with E-state index in [1.165, 1.54) is 0 Å². The Balaban J connectivity index is -0.000000273. The molecular weight excluding hydrogens is 1680 g/mol. The van der Waals surface area contributed by atoms with Crippen LogP contribution < -0.4 is 0 Å². The summed E-state index contributed by atoms with van der Waals surface area (Å²) in [6.07, 6.45) is -49.3. The Morgan fingerprint density at radius 3 is 0.769 bits per heavy atom. The maximum atomic E-state index is 12.4. The van der Waals surface area contributed by atoms with Crippen LogP contribution in [-0.2, 0) is 43.2 Å². The molecule has 0 heterocycles. The van der Waals surface area contributed by atoms with E-state index in [2.05, 4.69) is 6.92 Å². The van der Waals surface area contributed by atoms with Crippen LogP contribution in [0.5, 0.6) is 0 Å². The summed E-state index contributed by atoms with van der Waals surface area (Å²) in [4.78, 5) is 87.3. The molecule has 0 bridgehead atoms. The van der Waals surface area contributed by atoms with E-state index in [4.69, 9.17) is 46.0 Å². The van der Waals surface area contributed by atoms with Gasteiger partial charge < -0.3 is 46.0 Å². The number of hydrogen-bond acceptors (Lipinski definition) is 9. The molecule has 3 rings (SSSR count). The normalized spacial score (nSPS) is 18.6. The Morgan fingerprint density at radius 2 is 0.630 bits per heavy atom. The lowest BCUT2D eigenvalue weighted by molar-refractivity contribution is -0.418. The molecule has 0 radical (unpaired) electrons. The third-order valence-electron chi connectivity index (χ3n) is 12.3. The number of halogens is 45. The minimum atomic E-state index is -7.68. The van der Waals surface area contributed by atoms with E-state index < -0.39 is 192 Å². The van der Waals surface area contributed by atoms with Gasteiger partial charge in [-0.15, -0.1) is 0 Å². The average Bonchev–Trinajstić information content (AvgIpc) is 1.18. The monoisotopic (exact) mass is 1720 g/mol. The van der Waals surface area contributed by atoms with E-state index in [1.54, 1.807) is 0 Å². The first kappa shape index (κ1) is 111. The van der Waals surface area contributed by atoms with Crippen LogP contribution >= 0.6 is 0 Å². The first-order valence-electron chi connectivity index (χ1n) is 25.6. The Labute approximate surface area is 562 Å². The van der Waals surface area contributed by atoms with Gasteiger partial charge in [0.05, 0.1) is 17.8 Å². The fraction of sp³-hybridized carbons (Fsp3) is 0.800. The predicted octanol–water partition coefficient (Wildman–Crippen LogP) is 16.8. The zero-order chi connectivity index (χ0) is 89.4. The van der Waals surface area contributed by atoms with Gasteiger partial charge in [-0.1, -0.05) is 13.3 Å². The van der Waals surface area contributed by atoms with Crippen molar-refractivity contribution in [1.29, 1.82) is 0 Å². The van der Waals surface area contributed by atoms with Crippen molar-refractivity contribution in [3.63, 3.8) is 0 Å². The number of aliphatic carboxylic acids is 9. The van der Waals surface area contributed by atoms with Crippen molar-refractivity contribution in [1.82, 2.24) is 0 Å². The van der Waals surface area contributed by atoms with Gasteiger partial charge in [0.25, 0.3) is 0 Å². The summed E-state index contributed by atoms with van der Waals surface area (Å²) in [6, 6.07) is 0. The molecule has 0 aromatic heterocycles. The molecule has 0 amide bonds. The molecule has 18 nitrogen and oxygen atoms in total. The van der Waals surface area contributed by atoms with Gasteiger partial charge in [-0.3, -0.25) is 24.0 Å². The van der Waals surface area contributed by atoms with Crippen molar-refractivity contribution in [3.8, 4) is 0 Å². The molecule has 0 aliphatic heterocycles. The maximum Gasteiger partial charge on any atom is 0.465 e. The van der Waals surface area contributed by atoms with Crippen LogP contribution in [0.1, 0.15) is 77.6 Å². The molecule has 2 unspecified atom stereocenters. The highest BCUT2D eigenvalue weighted by Crippen LogP contribution is 2.59. The standard InChI is InChI=1S/C8H11F3O2.C8H14O2.C6HF11O2.C5H5F3O2.2C4HF7O2.C4H2F6O2.C3HF5O2.C3H3F3O2/c9-8(10,11)6-3-1-2-5(4-6)7(12)13;1-6-2-4-7(5-3-6)8(9)10;7-2(8,1(18)19)3(9,10)4(11,12)5(13,14)6(15,16)17;6-5(7,8)4(1-2-4)3(9)10;2*5-2(6,1(12)13)3(7,8)4(9,10)11;5-3(6,7)1(2(11)12)4(8,9)10;4-2(5,1(9)10)3(6,7)8;4-3(5,6)1-2(7)8/h5-6H,1-4H2,(H,12,13);6-7H,2-5H2,1H3,(H,9,10);(H,18,19);1-2H2,(H,9,10);2*(H,12,13);1H,(H,11,12);(H,9,10);1H2,(H,7,8). The van der Waals surface area contributed by atoms with Gasteiger partial charge in [0.2, 0.25) is 5.92 Å². The second-order valence-corrected chi connectivity index (χ2v) is 20.5. The second kappa shape index (κ2) is 37.7. The summed E-state index contributed by atoms with van der Waals surface area (Å²) in [5.74, 6) is -89.0. The Kier molecular flexibility index (Phi) is 38.7. The Morgan fingerprint density at radius 1 is 0.343 bits per heavy atom. The van der Waals surface area contributed by atoms with E-state index >= 15 is 0 Å². The highest BCUT2D eigenvalue weighted by atomic mass is 19.5. The van der Waals surface area contributed by atoms with Crippen molar-refractivity contribution in [2.75, 3.05) is 0 Å². The summed E-state index contributed by atoms with van der Waals surface area (Å²) >= 11 is 0. The van der Waals surface area contributed by atoms with Crippen LogP contribution in [-0.4, -0.2) is 209 Å². The average molecular weight is 1720 g/mol. The van der Waals surface area contributed by atoms with Gasteiger partial charge in [-0.2, -0.15) is 198 Å². The van der Waals surface area contributed by atoms with Crippen LogP contribution in [0, 0.1) is 35.0 Å².